The zero-order chi connectivity index (χ0) is 24.1. The molecule has 0 spiro atoms. The van der Waals surface area contributed by atoms with Crippen LogP contribution in [0.4, 0.5) is 11.5 Å². The summed E-state index contributed by atoms with van der Waals surface area (Å²) in [6.45, 7) is 6.64. The largest absolute Gasteiger partial charge is 0.490 e. The summed E-state index contributed by atoms with van der Waals surface area (Å²) < 4.78 is 6.10. The number of benzene rings is 1. The lowest BCUT2D eigenvalue weighted by atomic mass is 10.0. The fourth-order valence-electron chi connectivity index (χ4n) is 4.19. The van der Waals surface area contributed by atoms with Crippen molar-refractivity contribution in [2.24, 2.45) is 0 Å². The summed E-state index contributed by atoms with van der Waals surface area (Å²) in [6, 6.07) is 10.8. The van der Waals surface area contributed by atoms with E-state index in [1.54, 1.807) is 17.0 Å². The van der Waals surface area contributed by atoms with Gasteiger partial charge in [-0.3, -0.25) is 4.79 Å². The molecule has 1 aromatic heterocycles. The molecule has 8 nitrogen and oxygen atoms in total. The number of likely N-dealkylation sites (tertiary alicyclic amines) is 1. The number of amides is 1. The number of piperidine rings is 1. The minimum atomic E-state index is -1.05. The highest BCUT2D eigenvalue weighted by molar-refractivity contribution is 5.94. The van der Waals surface area contributed by atoms with Gasteiger partial charge in [0.15, 0.2) is 0 Å². The highest BCUT2D eigenvalue weighted by atomic mass is 16.5. The van der Waals surface area contributed by atoms with Crippen LogP contribution in [0.2, 0.25) is 0 Å². The molecule has 1 amide bonds. The standard InChI is InChI=1S/C26H30N4O4/c1-3-24(31)30-16-10-18(11-17-30)23-9-8-22(26(32)33)25(28-23)27-19-4-6-20(7-5-19)34-21-12-14-29(2)15-13-21/h3-10,21H,1,11-17H2,2H3,(H,27,28)(H,32,33). The lowest BCUT2D eigenvalue weighted by molar-refractivity contribution is -0.125. The maximum absolute atomic E-state index is 11.8. The molecule has 4 rings (SSSR count). The molecule has 0 atom stereocenters. The number of hydrogen-bond acceptors (Lipinski definition) is 6. The maximum Gasteiger partial charge on any atom is 0.339 e. The number of carboxylic acids is 1. The minimum absolute atomic E-state index is 0.0928. The number of aromatic nitrogens is 1. The first-order valence-corrected chi connectivity index (χ1v) is 11.5. The summed E-state index contributed by atoms with van der Waals surface area (Å²) in [5.74, 6) is -0.0787. The Hall–Kier alpha value is -3.65. The molecule has 2 aromatic rings. The Morgan fingerprint density at radius 3 is 2.50 bits per heavy atom. The molecule has 2 aliphatic heterocycles. The number of anilines is 2. The van der Waals surface area contributed by atoms with Gasteiger partial charge in [0.05, 0.1) is 5.69 Å². The molecule has 3 heterocycles. The Bertz CT molecular complexity index is 1090. The van der Waals surface area contributed by atoms with Crippen molar-refractivity contribution in [3.8, 4) is 5.75 Å². The Labute approximate surface area is 199 Å². The zero-order valence-corrected chi connectivity index (χ0v) is 19.4. The number of nitrogens with zero attached hydrogens (tertiary/aromatic N) is 3. The minimum Gasteiger partial charge on any atom is -0.490 e. The van der Waals surface area contributed by atoms with Crippen molar-refractivity contribution in [2.45, 2.75) is 25.4 Å². The van der Waals surface area contributed by atoms with Crippen LogP contribution in [-0.2, 0) is 4.79 Å². The first-order valence-electron chi connectivity index (χ1n) is 11.5. The molecule has 0 bridgehead atoms. The quantitative estimate of drug-likeness (QED) is 0.605. The number of carboxylic acid groups (broad SMARTS) is 1. The number of carbonyl (C=O) groups is 2. The van der Waals surface area contributed by atoms with Gasteiger partial charge in [-0.05, 0) is 74.4 Å². The van der Waals surface area contributed by atoms with Crippen molar-refractivity contribution in [1.29, 1.82) is 0 Å². The lowest BCUT2D eigenvalue weighted by Gasteiger charge is -2.29. The summed E-state index contributed by atoms with van der Waals surface area (Å²) in [7, 11) is 2.12. The predicted molar refractivity (Wildman–Crippen MR) is 131 cm³/mol. The van der Waals surface area contributed by atoms with Gasteiger partial charge >= 0.3 is 5.97 Å². The molecule has 178 valence electrons. The first-order chi connectivity index (χ1) is 16.4. The van der Waals surface area contributed by atoms with E-state index in [9.17, 15) is 14.7 Å². The molecule has 1 fully saturated rings. The van der Waals surface area contributed by atoms with E-state index in [1.807, 2.05) is 30.3 Å². The number of rotatable bonds is 7. The van der Waals surface area contributed by atoms with Crippen LogP contribution in [0.5, 0.6) is 5.75 Å². The number of carbonyl (C=O) groups excluding carboxylic acids is 1. The molecule has 8 heteroatoms. The van der Waals surface area contributed by atoms with E-state index in [-0.39, 0.29) is 23.4 Å². The van der Waals surface area contributed by atoms with Crippen LogP contribution in [0, 0.1) is 0 Å². The highest BCUT2D eigenvalue weighted by Crippen LogP contribution is 2.27. The second-order valence-corrected chi connectivity index (χ2v) is 8.64. The predicted octanol–water partition coefficient (Wildman–Crippen LogP) is 3.80. The van der Waals surface area contributed by atoms with Crippen molar-refractivity contribution >= 4 is 29.0 Å². The van der Waals surface area contributed by atoms with Gasteiger partial charge in [-0.15, -0.1) is 0 Å². The molecule has 2 N–H and O–H groups in total. The van der Waals surface area contributed by atoms with Gasteiger partial charge in [0, 0.05) is 31.9 Å². The summed E-state index contributed by atoms with van der Waals surface area (Å²) in [5.41, 5.74) is 2.49. The van der Waals surface area contributed by atoms with E-state index in [4.69, 9.17) is 4.74 Å². The van der Waals surface area contributed by atoms with Crippen molar-refractivity contribution < 1.29 is 19.4 Å². The number of hydrogen-bond donors (Lipinski definition) is 2. The molecule has 0 radical (unpaired) electrons. The van der Waals surface area contributed by atoms with Crippen LogP contribution < -0.4 is 10.1 Å². The van der Waals surface area contributed by atoms with Crippen LogP contribution in [0.25, 0.3) is 5.57 Å². The fourth-order valence-corrected chi connectivity index (χ4v) is 4.19. The molecule has 1 aromatic carbocycles. The van der Waals surface area contributed by atoms with Crippen LogP contribution >= 0.6 is 0 Å². The maximum atomic E-state index is 11.8. The van der Waals surface area contributed by atoms with Gasteiger partial charge in [0.1, 0.15) is 23.2 Å². The monoisotopic (exact) mass is 462 g/mol. The fraction of sp³-hybridized carbons (Fsp3) is 0.346. The van der Waals surface area contributed by atoms with Gasteiger partial charge < -0.3 is 25.0 Å². The van der Waals surface area contributed by atoms with Crippen LogP contribution in [0.1, 0.15) is 35.3 Å². The molecule has 34 heavy (non-hydrogen) atoms. The van der Waals surface area contributed by atoms with Crippen LogP contribution in [0.3, 0.4) is 0 Å². The number of ether oxygens (including phenoxy) is 1. The Kier molecular flexibility index (Phi) is 7.27. The highest BCUT2D eigenvalue weighted by Gasteiger charge is 2.20. The topological polar surface area (TPSA) is 95.0 Å². The van der Waals surface area contributed by atoms with Crippen LogP contribution in [-0.4, -0.2) is 71.1 Å². The summed E-state index contributed by atoms with van der Waals surface area (Å²) in [5, 5.41) is 12.8. The van der Waals surface area contributed by atoms with E-state index in [0.29, 0.717) is 25.2 Å². The van der Waals surface area contributed by atoms with Crippen molar-refractivity contribution in [2.75, 3.05) is 38.5 Å². The van der Waals surface area contributed by atoms with Gasteiger partial charge in [0.25, 0.3) is 0 Å². The number of nitrogens with one attached hydrogen (secondary N) is 1. The number of aromatic carboxylic acids is 1. The van der Waals surface area contributed by atoms with E-state index in [1.165, 1.54) is 6.08 Å². The van der Waals surface area contributed by atoms with Crippen molar-refractivity contribution in [3.05, 3.63) is 66.4 Å². The smallest absolute Gasteiger partial charge is 0.339 e. The second kappa shape index (κ2) is 10.5. The third-order valence-corrected chi connectivity index (χ3v) is 6.24. The average Bonchev–Trinajstić information content (AvgIpc) is 2.86. The van der Waals surface area contributed by atoms with Gasteiger partial charge in [-0.2, -0.15) is 0 Å². The molecule has 2 aliphatic rings. The molecule has 0 unspecified atom stereocenters. The Balaban J connectivity index is 1.47. The average molecular weight is 463 g/mol. The third kappa shape index (κ3) is 5.63. The molecule has 1 saturated heterocycles. The van der Waals surface area contributed by atoms with Crippen LogP contribution in [0.15, 0.2) is 55.1 Å². The van der Waals surface area contributed by atoms with Gasteiger partial charge in [-0.1, -0.05) is 12.7 Å². The second-order valence-electron chi connectivity index (χ2n) is 8.64. The van der Waals surface area contributed by atoms with Crippen molar-refractivity contribution in [1.82, 2.24) is 14.8 Å². The molecule has 0 aliphatic carbocycles. The SMILES string of the molecule is C=CC(=O)N1CC=C(c2ccc(C(=O)O)c(Nc3ccc(OC4CCN(C)CC4)cc3)n2)CC1. The molecular weight excluding hydrogens is 432 g/mol. The summed E-state index contributed by atoms with van der Waals surface area (Å²) >= 11 is 0. The van der Waals surface area contributed by atoms with Gasteiger partial charge in [-0.25, -0.2) is 9.78 Å². The normalized spacial score (nSPS) is 17.1. The first kappa shape index (κ1) is 23.5. The number of pyridine rings is 1. The summed E-state index contributed by atoms with van der Waals surface area (Å²) in [4.78, 5) is 32.2. The molecule has 0 saturated carbocycles. The summed E-state index contributed by atoms with van der Waals surface area (Å²) in [6.07, 6.45) is 6.13. The van der Waals surface area contributed by atoms with Crippen molar-refractivity contribution in [3.63, 3.8) is 0 Å². The zero-order valence-electron chi connectivity index (χ0n) is 19.4. The Morgan fingerprint density at radius 1 is 1.15 bits per heavy atom. The van der Waals surface area contributed by atoms with E-state index in [0.717, 1.165) is 42.9 Å². The molecular formula is C26H30N4O4. The van der Waals surface area contributed by atoms with E-state index in [2.05, 4.69) is 28.8 Å². The lowest BCUT2D eigenvalue weighted by Crippen LogP contribution is -2.35. The third-order valence-electron chi connectivity index (χ3n) is 6.24. The Morgan fingerprint density at radius 2 is 1.88 bits per heavy atom. The van der Waals surface area contributed by atoms with Gasteiger partial charge in [0.2, 0.25) is 5.91 Å². The van der Waals surface area contributed by atoms with E-state index >= 15 is 0 Å². The van der Waals surface area contributed by atoms with E-state index < -0.39 is 5.97 Å².